The van der Waals surface area contributed by atoms with Crippen LogP contribution >= 0.6 is 0 Å². The first-order valence-corrected chi connectivity index (χ1v) is 11.0. The van der Waals surface area contributed by atoms with Crippen molar-refractivity contribution < 1.29 is 27.9 Å². The minimum Gasteiger partial charge on any atom is -0.466 e. The average Bonchev–Trinajstić information content (AvgIpc) is 3.08. The summed E-state index contributed by atoms with van der Waals surface area (Å²) in [4.78, 5) is 26.0. The summed E-state index contributed by atoms with van der Waals surface area (Å²) in [5.74, 6) is -1.10. The molecule has 3 N–H and O–H groups in total. The third kappa shape index (κ3) is 5.29. The molecule has 0 spiro atoms. The summed E-state index contributed by atoms with van der Waals surface area (Å²) in [6.07, 6.45) is 0. The molecule has 1 aliphatic rings. The molecule has 0 fully saturated rings. The number of aliphatic hydroxyl groups excluding tert-OH is 1. The quantitative estimate of drug-likeness (QED) is 0.489. The first-order chi connectivity index (χ1) is 14.9. The number of hydrogen-bond acceptors (Lipinski definition) is 7. The Balaban J connectivity index is 1.74. The number of methoxy groups -OCH3 is 1. The van der Waals surface area contributed by atoms with E-state index in [2.05, 4.69) is 10.0 Å². The predicted molar refractivity (Wildman–Crippen MR) is 113 cm³/mol. The molecule has 9 nitrogen and oxygen atoms in total. The summed E-state index contributed by atoms with van der Waals surface area (Å²) in [6.45, 7) is 0.0167. The van der Waals surface area contributed by atoms with Crippen molar-refractivity contribution in [1.82, 2.24) is 9.62 Å². The van der Waals surface area contributed by atoms with E-state index in [-0.39, 0.29) is 42.4 Å². The average molecular weight is 445 g/mol. The maximum Gasteiger partial charge on any atom is 0.337 e. The third-order valence-corrected chi connectivity index (χ3v) is 6.11. The molecule has 1 aliphatic heterocycles. The minimum atomic E-state index is -3.72. The minimum absolute atomic E-state index is 0.0181. The number of aliphatic hydroxyl groups is 1. The van der Waals surface area contributed by atoms with Gasteiger partial charge in [0.05, 0.1) is 30.7 Å². The molecule has 10 heteroatoms. The Bertz CT molecular complexity index is 1080. The summed E-state index contributed by atoms with van der Waals surface area (Å²) in [6, 6.07) is 14.9. The van der Waals surface area contributed by atoms with E-state index in [0.717, 1.165) is 5.56 Å². The zero-order valence-electron chi connectivity index (χ0n) is 16.9. The Morgan fingerprint density at radius 2 is 1.81 bits per heavy atom. The predicted octanol–water partition coefficient (Wildman–Crippen LogP) is 0.839. The summed E-state index contributed by atoms with van der Waals surface area (Å²) < 4.78 is 32.3. The van der Waals surface area contributed by atoms with Gasteiger partial charge >= 0.3 is 5.97 Å². The number of nitrogens with one attached hydrogen (secondary N) is 2. The number of hydrogen-bond donors (Lipinski definition) is 3. The Kier molecular flexibility index (Phi) is 7.06. The Morgan fingerprint density at radius 1 is 1.13 bits per heavy atom. The van der Waals surface area contributed by atoms with E-state index in [1.54, 1.807) is 0 Å². The Hall–Kier alpha value is -3.21. The van der Waals surface area contributed by atoms with E-state index >= 15 is 0 Å². The first-order valence-electron chi connectivity index (χ1n) is 9.48. The number of benzene rings is 2. The van der Waals surface area contributed by atoms with Crippen LogP contribution in [0.4, 0.5) is 5.69 Å². The molecule has 164 valence electrons. The molecule has 0 atom stereocenters. The normalized spacial score (nSPS) is 14.1. The van der Waals surface area contributed by atoms with Gasteiger partial charge < -0.3 is 20.1 Å². The fourth-order valence-electron chi connectivity index (χ4n) is 3.07. The maximum atomic E-state index is 12.6. The van der Waals surface area contributed by atoms with Crippen LogP contribution in [0.5, 0.6) is 0 Å². The fraction of sp³-hybridized carbons (Fsp3) is 0.238. The van der Waals surface area contributed by atoms with Gasteiger partial charge in [-0.25, -0.2) is 17.9 Å². The van der Waals surface area contributed by atoms with Crippen molar-refractivity contribution in [2.45, 2.75) is 11.4 Å². The molecule has 3 rings (SSSR count). The molecule has 0 bridgehead atoms. The summed E-state index contributed by atoms with van der Waals surface area (Å²) in [7, 11) is -2.51. The van der Waals surface area contributed by atoms with Gasteiger partial charge in [-0.3, -0.25) is 4.79 Å². The van der Waals surface area contributed by atoms with Crippen molar-refractivity contribution in [2.24, 2.45) is 0 Å². The molecule has 1 heterocycles. The van der Waals surface area contributed by atoms with Crippen molar-refractivity contribution in [3.05, 3.63) is 71.4 Å². The number of ether oxygens (including phenoxy) is 1. The Labute approximate surface area is 180 Å². The highest BCUT2D eigenvalue weighted by Crippen LogP contribution is 2.23. The van der Waals surface area contributed by atoms with Gasteiger partial charge in [0.15, 0.2) is 0 Å². The standard InChI is InChI=1S/C21H23N3O6S/c1-30-21(27)18-14-24(11-12-25)20(26)19(18)23-16-7-9-17(10-8-16)31(28,29)22-13-15-5-3-2-4-6-15/h2-10,22-23,25H,11-14H2,1H3. The molecule has 0 aliphatic carbocycles. The number of sulfonamides is 1. The molecule has 0 aromatic heterocycles. The van der Waals surface area contributed by atoms with E-state index < -0.39 is 21.9 Å². The lowest BCUT2D eigenvalue weighted by atomic mass is 10.2. The summed E-state index contributed by atoms with van der Waals surface area (Å²) >= 11 is 0. The van der Waals surface area contributed by atoms with Crippen molar-refractivity contribution in [3.63, 3.8) is 0 Å². The van der Waals surface area contributed by atoms with Crippen LogP contribution in [0.1, 0.15) is 5.56 Å². The van der Waals surface area contributed by atoms with E-state index in [1.165, 1.54) is 36.3 Å². The van der Waals surface area contributed by atoms with Crippen LogP contribution in [-0.2, 0) is 30.9 Å². The van der Waals surface area contributed by atoms with Crippen LogP contribution in [0, 0.1) is 0 Å². The number of anilines is 1. The summed E-state index contributed by atoms with van der Waals surface area (Å²) in [5, 5.41) is 12.0. The molecule has 2 aromatic carbocycles. The van der Waals surface area contributed by atoms with Gasteiger partial charge in [0.25, 0.3) is 5.91 Å². The van der Waals surface area contributed by atoms with Crippen LogP contribution < -0.4 is 10.0 Å². The zero-order chi connectivity index (χ0) is 22.4. The van der Waals surface area contributed by atoms with Gasteiger partial charge in [-0.15, -0.1) is 0 Å². The van der Waals surface area contributed by atoms with Crippen LogP contribution in [0.3, 0.4) is 0 Å². The van der Waals surface area contributed by atoms with Gasteiger partial charge in [-0.2, -0.15) is 0 Å². The number of amides is 1. The molecular formula is C21H23N3O6S. The second-order valence-corrected chi connectivity index (χ2v) is 8.52. The molecule has 2 aromatic rings. The smallest absolute Gasteiger partial charge is 0.337 e. The molecule has 0 saturated carbocycles. The Morgan fingerprint density at radius 3 is 2.42 bits per heavy atom. The van der Waals surface area contributed by atoms with E-state index in [0.29, 0.717) is 5.69 Å². The van der Waals surface area contributed by atoms with Crippen molar-refractivity contribution in [3.8, 4) is 0 Å². The second kappa shape index (κ2) is 9.73. The number of rotatable bonds is 9. The fourth-order valence-corrected chi connectivity index (χ4v) is 4.09. The van der Waals surface area contributed by atoms with Crippen LogP contribution in [0.2, 0.25) is 0 Å². The SMILES string of the molecule is COC(=O)C1=C(Nc2ccc(S(=O)(=O)NCc3ccccc3)cc2)C(=O)N(CCO)C1. The van der Waals surface area contributed by atoms with E-state index in [1.807, 2.05) is 30.3 Å². The number of carbonyl (C=O) groups is 2. The van der Waals surface area contributed by atoms with Crippen molar-refractivity contribution in [1.29, 1.82) is 0 Å². The zero-order valence-corrected chi connectivity index (χ0v) is 17.7. The van der Waals surface area contributed by atoms with Crippen LogP contribution in [-0.4, -0.2) is 57.1 Å². The van der Waals surface area contributed by atoms with Gasteiger partial charge in [-0.1, -0.05) is 30.3 Å². The van der Waals surface area contributed by atoms with Crippen molar-refractivity contribution in [2.75, 3.05) is 32.1 Å². The largest absolute Gasteiger partial charge is 0.466 e. The van der Waals surface area contributed by atoms with Crippen LogP contribution in [0.15, 0.2) is 70.8 Å². The number of esters is 1. The summed E-state index contributed by atoms with van der Waals surface area (Å²) in [5.41, 5.74) is 1.44. The number of β-amino-alcohol motifs (C(OH)–C–C–N with tert-alkyl or cyclic N) is 1. The van der Waals surface area contributed by atoms with Crippen molar-refractivity contribution >= 4 is 27.6 Å². The highest BCUT2D eigenvalue weighted by atomic mass is 32.2. The lowest BCUT2D eigenvalue weighted by Gasteiger charge is -2.15. The highest BCUT2D eigenvalue weighted by Gasteiger charge is 2.34. The lowest BCUT2D eigenvalue weighted by molar-refractivity contribution is -0.136. The molecule has 0 saturated heterocycles. The lowest BCUT2D eigenvalue weighted by Crippen LogP contribution is -2.31. The molecule has 31 heavy (non-hydrogen) atoms. The molecule has 0 radical (unpaired) electrons. The third-order valence-electron chi connectivity index (χ3n) is 4.70. The monoisotopic (exact) mass is 445 g/mol. The molecule has 1 amide bonds. The van der Waals surface area contributed by atoms with Gasteiger partial charge in [0.2, 0.25) is 10.0 Å². The topological polar surface area (TPSA) is 125 Å². The molecular weight excluding hydrogens is 422 g/mol. The van der Waals surface area contributed by atoms with Crippen LogP contribution in [0.25, 0.3) is 0 Å². The van der Waals surface area contributed by atoms with E-state index in [4.69, 9.17) is 9.84 Å². The van der Waals surface area contributed by atoms with E-state index in [9.17, 15) is 18.0 Å². The number of nitrogens with zero attached hydrogens (tertiary/aromatic N) is 1. The molecule has 0 unspecified atom stereocenters. The van der Waals surface area contributed by atoms with Gasteiger partial charge in [0.1, 0.15) is 5.70 Å². The number of carbonyl (C=O) groups excluding carboxylic acids is 2. The van der Waals surface area contributed by atoms with Gasteiger partial charge in [0, 0.05) is 18.8 Å². The maximum absolute atomic E-state index is 12.6. The first kappa shape index (κ1) is 22.5. The second-order valence-electron chi connectivity index (χ2n) is 6.75. The highest BCUT2D eigenvalue weighted by molar-refractivity contribution is 7.89. The van der Waals surface area contributed by atoms with Gasteiger partial charge in [-0.05, 0) is 29.8 Å².